The van der Waals surface area contributed by atoms with Crippen molar-refractivity contribution in [2.24, 2.45) is 7.05 Å². The number of ether oxygens (including phenoxy) is 3. The number of aromatic nitrogens is 2. The van der Waals surface area contributed by atoms with Gasteiger partial charge in [0.2, 0.25) is 0 Å². The average Bonchev–Trinajstić information content (AvgIpc) is 2.86. The molecule has 0 atom stereocenters. The van der Waals surface area contributed by atoms with E-state index in [-0.39, 0.29) is 11.2 Å². The SMILES string of the molecule is COc1cc2c(=O)n(CCN3CCN(c4ccccc4OC)CC3)c(=O)n(C)c2cc1OC. The minimum absolute atomic E-state index is 0.318. The third-order valence-corrected chi connectivity index (χ3v) is 6.29. The van der Waals surface area contributed by atoms with Gasteiger partial charge in [-0.1, -0.05) is 12.1 Å². The zero-order valence-corrected chi connectivity index (χ0v) is 19.5. The molecule has 0 unspecified atom stereocenters. The fourth-order valence-electron chi connectivity index (χ4n) is 4.38. The minimum atomic E-state index is -0.340. The lowest BCUT2D eigenvalue weighted by Gasteiger charge is -2.36. The van der Waals surface area contributed by atoms with Crippen LogP contribution in [-0.4, -0.2) is 68.1 Å². The summed E-state index contributed by atoms with van der Waals surface area (Å²) in [6.07, 6.45) is 0. The summed E-state index contributed by atoms with van der Waals surface area (Å²) < 4.78 is 18.9. The van der Waals surface area contributed by atoms with Gasteiger partial charge in [0.25, 0.3) is 5.56 Å². The van der Waals surface area contributed by atoms with Gasteiger partial charge in [0.15, 0.2) is 11.5 Å². The molecule has 0 N–H and O–H groups in total. The van der Waals surface area contributed by atoms with Gasteiger partial charge in [-0.3, -0.25) is 18.8 Å². The van der Waals surface area contributed by atoms with Crippen molar-refractivity contribution in [3.63, 3.8) is 0 Å². The first-order valence-corrected chi connectivity index (χ1v) is 10.9. The Morgan fingerprint density at radius 3 is 2.12 bits per heavy atom. The molecular weight excluding hydrogens is 424 g/mol. The summed E-state index contributed by atoms with van der Waals surface area (Å²) in [5.41, 5.74) is 0.946. The van der Waals surface area contributed by atoms with Crippen LogP contribution in [0, 0.1) is 0 Å². The lowest BCUT2D eigenvalue weighted by Crippen LogP contribution is -2.49. The summed E-state index contributed by atoms with van der Waals surface area (Å²) in [6.45, 7) is 4.32. The molecule has 1 aliphatic rings. The molecule has 0 radical (unpaired) electrons. The summed E-state index contributed by atoms with van der Waals surface area (Å²) in [5.74, 6) is 1.80. The molecule has 1 aromatic heterocycles. The highest BCUT2D eigenvalue weighted by Gasteiger charge is 2.21. The van der Waals surface area contributed by atoms with Crippen molar-refractivity contribution in [3.05, 3.63) is 57.2 Å². The van der Waals surface area contributed by atoms with Crippen LogP contribution in [0.25, 0.3) is 10.9 Å². The van der Waals surface area contributed by atoms with Crippen LogP contribution >= 0.6 is 0 Å². The Hall–Kier alpha value is -3.46. The van der Waals surface area contributed by atoms with Crippen LogP contribution in [0.3, 0.4) is 0 Å². The van der Waals surface area contributed by atoms with Crippen LogP contribution in [0.1, 0.15) is 0 Å². The molecule has 0 spiro atoms. The third kappa shape index (κ3) is 4.28. The number of aryl methyl sites for hydroxylation is 1. The first-order valence-electron chi connectivity index (χ1n) is 10.9. The van der Waals surface area contributed by atoms with E-state index in [0.29, 0.717) is 35.5 Å². The Kier molecular flexibility index (Phi) is 6.60. The number of para-hydroxylation sites is 2. The van der Waals surface area contributed by atoms with Crippen molar-refractivity contribution in [3.8, 4) is 17.2 Å². The second kappa shape index (κ2) is 9.58. The zero-order chi connectivity index (χ0) is 23.5. The van der Waals surface area contributed by atoms with Gasteiger partial charge in [-0.25, -0.2) is 4.79 Å². The number of rotatable bonds is 7. The van der Waals surface area contributed by atoms with E-state index in [1.165, 1.54) is 23.4 Å². The van der Waals surface area contributed by atoms with Crippen molar-refractivity contribution < 1.29 is 14.2 Å². The van der Waals surface area contributed by atoms with Gasteiger partial charge in [-0.05, 0) is 18.2 Å². The Morgan fingerprint density at radius 2 is 1.45 bits per heavy atom. The monoisotopic (exact) mass is 454 g/mol. The fourth-order valence-corrected chi connectivity index (χ4v) is 4.38. The quantitative estimate of drug-likeness (QED) is 0.536. The first kappa shape index (κ1) is 22.7. The van der Waals surface area contributed by atoms with Gasteiger partial charge < -0.3 is 19.1 Å². The van der Waals surface area contributed by atoms with Crippen LogP contribution < -0.4 is 30.4 Å². The van der Waals surface area contributed by atoms with E-state index in [2.05, 4.69) is 15.9 Å². The standard InChI is InChI=1S/C24H30N4O5/c1-25-19-16-22(33-4)21(32-3)15-17(19)23(29)28(24(25)30)14-11-26-9-12-27(13-10-26)18-7-5-6-8-20(18)31-2/h5-8,15-16H,9-14H2,1-4H3. The number of anilines is 1. The Bertz CT molecular complexity index is 1260. The number of benzene rings is 2. The molecule has 176 valence electrons. The number of hydrogen-bond acceptors (Lipinski definition) is 7. The maximum absolute atomic E-state index is 13.2. The van der Waals surface area contributed by atoms with Crippen LogP contribution in [0.4, 0.5) is 5.69 Å². The molecule has 1 saturated heterocycles. The summed E-state index contributed by atoms with van der Waals surface area (Å²) in [7, 11) is 6.40. The van der Waals surface area contributed by atoms with E-state index >= 15 is 0 Å². The molecule has 33 heavy (non-hydrogen) atoms. The smallest absolute Gasteiger partial charge is 0.331 e. The van der Waals surface area contributed by atoms with Crippen molar-refractivity contribution in [2.45, 2.75) is 6.54 Å². The van der Waals surface area contributed by atoms with Crippen LogP contribution in [-0.2, 0) is 13.6 Å². The van der Waals surface area contributed by atoms with Gasteiger partial charge >= 0.3 is 5.69 Å². The molecule has 2 aromatic carbocycles. The average molecular weight is 455 g/mol. The lowest BCUT2D eigenvalue weighted by molar-refractivity contribution is 0.245. The number of methoxy groups -OCH3 is 3. The maximum atomic E-state index is 13.2. The van der Waals surface area contributed by atoms with Gasteiger partial charge in [0.05, 0.1) is 37.9 Å². The van der Waals surface area contributed by atoms with E-state index in [1.54, 1.807) is 26.3 Å². The Labute approximate surface area is 192 Å². The molecule has 0 saturated carbocycles. The molecule has 2 heterocycles. The van der Waals surface area contributed by atoms with Crippen LogP contribution in [0.2, 0.25) is 0 Å². The van der Waals surface area contributed by atoms with Gasteiger partial charge in [0.1, 0.15) is 5.75 Å². The molecule has 1 aliphatic heterocycles. The van der Waals surface area contributed by atoms with Gasteiger partial charge in [0, 0.05) is 52.4 Å². The number of fused-ring (bicyclic) bond motifs is 1. The van der Waals surface area contributed by atoms with Crippen molar-refractivity contribution >= 4 is 16.6 Å². The number of nitrogens with zero attached hydrogens (tertiary/aromatic N) is 4. The molecule has 0 bridgehead atoms. The van der Waals surface area contributed by atoms with E-state index in [0.717, 1.165) is 37.6 Å². The molecule has 9 nitrogen and oxygen atoms in total. The predicted octanol–water partition coefficient (Wildman–Crippen LogP) is 1.55. The molecule has 0 aliphatic carbocycles. The summed E-state index contributed by atoms with van der Waals surface area (Å²) in [4.78, 5) is 30.7. The summed E-state index contributed by atoms with van der Waals surface area (Å²) in [6, 6.07) is 11.3. The maximum Gasteiger partial charge on any atom is 0.331 e. The van der Waals surface area contributed by atoms with Crippen molar-refractivity contribution in [2.75, 3.05) is 59.0 Å². The molecule has 0 amide bonds. The molecule has 9 heteroatoms. The highest BCUT2D eigenvalue weighted by atomic mass is 16.5. The molecular formula is C24H30N4O5. The molecule has 4 rings (SSSR count). The number of hydrogen-bond donors (Lipinski definition) is 0. The highest BCUT2D eigenvalue weighted by molar-refractivity contribution is 5.82. The van der Waals surface area contributed by atoms with E-state index < -0.39 is 0 Å². The topological polar surface area (TPSA) is 78.2 Å². The normalized spacial score (nSPS) is 14.5. The highest BCUT2D eigenvalue weighted by Crippen LogP contribution is 2.30. The van der Waals surface area contributed by atoms with Crippen LogP contribution in [0.15, 0.2) is 46.0 Å². The lowest BCUT2D eigenvalue weighted by atomic mass is 10.2. The Balaban J connectivity index is 1.51. The Morgan fingerprint density at radius 1 is 0.818 bits per heavy atom. The fraction of sp³-hybridized carbons (Fsp3) is 0.417. The van der Waals surface area contributed by atoms with Crippen LogP contribution in [0.5, 0.6) is 17.2 Å². The zero-order valence-electron chi connectivity index (χ0n) is 19.5. The number of piperazine rings is 1. The largest absolute Gasteiger partial charge is 0.495 e. The molecule has 3 aromatic rings. The van der Waals surface area contributed by atoms with Crippen molar-refractivity contribution in [1.29, 1.82) is 0 Å². The summed E-state index contributed by atoms with van der Waals surface area (Å²) >= 11 is 0. The third-order valence-electron chi connectivity index (χ3n) is 6.29. The van der Waals surface area contributed by atoms with E-state index in [4.69, 9.17) is 14.2 Å². The van der Waals surface area contributed by atoms with E-state index in [1.807, 2.05) is 18.2 Å². The second-order valence-electron chi connectivity index (χ2n) is 8.02. The van der Waals surface area contributed by atoms with Gasteiger partial charge in [-0.15, -0.1) is 0 Å². The molecule has 1 fully saturated rings. The predicted molar refractivity (Wildman–Crippen MR) is 128 cm³/mol. The van der Waals surface area contributed by atoms with E-state index in [9.17, 15) is 9.59 Å². The van der Waals surface area contributed by atoms with Crippen molar-refractivity contribution in [1.82, 2.24) is 14.0 Å². The minimum Gasteiger partial charge on any atom is -0.495 e. The second-order valence-corrected chi connectivity index (χ2v) is 8.02. The first-order chi connectivity index (χ1) is 16.0. The van der Waals surface area contributed by atoms with Gasteiger partial charge in [-0.2, -0.15) is 0 Å². The summed E-state index contributed by atoms with van der Waals surface area (Å²) in [5, 5.41) is 0.427.